The first kappa shape index (κ1) is 15.5. The molecule has 3 nitrogen and oxygen atoms in total. The fourth-order valence-corrected chi connectivity index (χ4v) is 3.35. The second-order valence-electron chi connectivity index (χ2n) is 6.20. The number of aryl methyl sites for hydroxylation is 1. The van der Waals surface area contributed by atoms with E-state index in [9.17, 15) is 4.79 Å². The van der Waals surface area contributed by atoms with Crippen LogP contribution in [0.3, 0.4) is 0 Å². The fraction of sp³-hybridized carbons (Fsp3) is 0.350. The zero-order valence-corrected chi connectivity index (χ0v) is 13.4. The Morgan fingerprint density at radius 3 is 2.52 bits per heavy atom. The molecule has 0 saturated heterocycles. The largest absolute Gasteiger partial charge is 0.489 e. The first-order valence-electron chi connectivity index (χ1n) is 8.10. The number of benzene rings is 2. The molecule has 23 heavy (non-hydrogen) atoms. The predicted octanol–water partition coefficient (Wildman–Crippen LogP) is 4.68. The number of isocyanates is 1. The first-order valence-corrected chi connectivity index (χ1v) is 8.10. The number of ether oxygens (including phenoxy) is 1. The lowest BCUT2D eigenvalue weighted by atomic mass is 9.88. The van der Waals surface area contributed by atoms with E-state index in [1.807, 2.05) is 37.3 Å². The summed E-state index contributed by atoms with van der Waals surface area (Å²) in [7, 11) is 0. The van der Waals surface area contributed by atoms with Crippen molar-refractivity contribution in [2.45, 2.75) is 44.8 Å². The second kappa shape index (κ2) is 6.80. The van der Waals surface area contributed by atoms with Crippen LogP contribution in [0.2, 0.25) is 0 Å². The van der Waals surface area contributed by atoms with Crippen molar-refractivity contribution in [3.05, 3.63) is 65.2 Å². The summed E-state index contributed by atoms with van der Waals surface area (Å²) < 4.78 is 5.93. The third kappa shape index (κ3) is 3.35. The standard InChI is InChI=1S/C20H21NO2/c1-16-13-18(20(21-15-22)11-5-6-12-20)9-10-19(16)23-14-17-7-3-2-4-8-17/h2-4,7-10,13H,5-6,11-12,14H2,1H3. The first-order chi connectivity index (χ1) is 11.2. The van der Waals surface area contributed by atoms with Crippen molar-refractivity contribution >= 4 is 6.08 Å². The summed E-state index contributed by atoms with van der Waals surface area (Å²) in [4.78, 5) is 15.0. The van der Waals surface area contributed by atoms with Gasteiger partial charge in [-0.1, -0.05) is 49.2 Å². The number of hydrogen-bond acceptors (Lipinski definition) is 3. The Morgan fingerprint density at radius 1 is 1.13 bits per heavy atom. The van der Waals surface area contributed by atoms with E-state index in [1.165, 1.54) is 0 Å². The molecular weight excluding hydrogens is 286 g/mol. The number of aliphatic imine (C=N–C) groups is 1. The topological polar surface area (TPSA) is 38.7 Å². The summed E-state index contributed by atoms with van der Waals surface area (Å²) in [6, 6.07) is 16.3. The summed E-state index contributed by atoms with van der Waals surface area (Å²) >= 11 is 0. The predicted molar refractivity (Wildman–Crippen MR) is 90.2 cm³/mol. The SMILES string of the molecule is Cc1cc(C2(N=C=O)CCCC2)ccc1OCc1ccccc1. The highest BCUT2D eigenvalue weighted by molar-refractivity contribution is 5.43. The summed E-state index contributed by atoms with van der Waals surface area (Å²) in [5.74, 6) is 0.876. The molecule has 118 valence electrons. The highest BCUT2D eigenvalue weighted by Crippen LogP contribution is 2.43. The molecule has 2 aromatic carbocycles. The normalized spacial score (nSPS) is 15.9. The van der Waals surface area contributed by atoms with Crippen LogP contribution in [0.5, 0.6) is 5.75 Å². The lowest BCUT2D eigenvalue weighted by Crippen LogP contribution is -2.19. The molecule has 0 spiro atoms. The molecular formula is C20H21NO2. The molecule has 0 amide bonds. The van der Waals surface area contributed by atoms with Crippen molar-refractivity contribution in [2.24, 2.45) is 4.99 Å². The Morgan fingerprint density at radius 2 is 1.87 bits per heavy atom. The molecule has 0 aliphatic heterocycles. The Hall–Kier alpha value is -2.38. The van der Waals surface area contributed by atoms with Crippen LogP contribution >= 0.6 is 0 Å². The van der Waals surface area contributed by atoms with E-state index in [-0.39, 0.29) is 5.54 Å². The summed E-state index contributed by atoms with van der Waals surface area (Å²) in [5.41, 5.74) is 2.95. The monoisotopic (exact) mass is 307 g/mol. The van der Waals surface area contributed by atoms with Crippen molar-refractivity contribution in [3.63, 3.8) is 0 Å². The van der Waals surface area contributed by atoms with E-state index in [0.29, 0.717) is 6.61 Å². The summed E-state index contributed by atoms with van der Waals surface area (Å²) in [6.07, 6.45) is 5.83. The molecule has 1 saturated carbocycles. The van der Waals surface area contributed by atoms with Crippen LogP contribution in [0.25, 0.3) is 0 Å². The molecule has 0 unspecified atom stereocenters. The van der Waals surface area contributed by atoms with Gasteiger partial charge < -0.3 is 4.74 Å². The summed E-state index contributed by atoms with van der Waals surface area (Å²) in [6.45, 7) is 2.59. The lowest BCUT2D eigenvalue weighted by molar-refractivity contribution is 0.303. The molecule has 0 heterocycles. The van der Waals surface area contributed by atoms with Gasteiger partial charge in [-0.15, -0.1) is 0 Å². The molecule has 0 atom stereocenters. The van der Waals surface area contributed by atoms with Crippen molar-refractivity contribution < 1.29 is 9.53 Å². The minimum Gasteiger partial charge on any atom is -0.489 e. The minimum atomic E-state index is -0.371. The molecule has 1 aliphatic rings. The van der Waals surface area contributed by atoms with Gasteiger partial charge in [0.2, 0.25) is 6.08 Å². The Balaban J connectivity index is 1.79. The van der Waals surface area contributed by atoms with E-state index in [2.05, 4.69) is 23.2 Å². The van der Waals surface area contributed by atoms with Crippen LogP contribution in [0.15, 0.2) is 53.5 Å². The van der Waals surface area contributed by atoms with Gasteiger partial charge in [-0.2, -0.15) is 4.99 Å². The lowest BCUT2D eigenvalue weighted by Gasteiger charge is -2.24. The van der Waals surface area contributed by atoms with Crippen LogP contribution in [0.4, 0.5) is 0 Å². The highest BCUT2D eigenvalue weighted by atomic mass is 16.5. The molecule has 2 aromatic rings. The maximum atomic E-state index is 10.8. The van der Waals surface area contributed by atoms with Gasteiger partial charge in [0, 0.05) is 0 Å². The Labute approximate surface area is 137 Å². The molecule has 0 radical (unpaired) electrons. The van der Waals surface area contributed by atoms with E-state index < -0.39 is 0 Å². The van der Waals surface area contributed by atoms with Gasteiger partial charge in [0.05, 0.1) is 5.54 Å². The Bertz CT molecular complexity index is 712. The zero-order chi connectivity index (χ0) is 16.1. The Kier molecular flexibility index (Phi) is 4.59. The van der Waals surface area contributed by atoms with Crippen molar-refractivity contribution in [1.82, 2.24) is 0 Å². The molecule has 3 rings (SSSR count). The maximum absolute atomic E-state index is 10.8. The number of carbonyl (C=O) groups excluding carboxylic acids is 1. The van der Waals surface area contributed by atoms with Gasteiger partial charge in [-0.25, -0.2) is 4.79 Å². The van der Waals surface area contributed by atoms with Crippen LogP contribution in [-0.2, 0) is 16.9 Å². The average Bonchev–Trinajstić information content (AvgIpc) is 3.05. The van der Waals surface area contributed by atoms with Crippen LogP contribution < -0.4 is 4.74 Å². The van der Waals surface area contributed by atoms with Gasteiger partial charge in [-0.05, 0) is 48.6 Å². The number of nitrogens with zero attached hydrogens (tertiary/aromatic N) is 1. The van der Waals surface area contributed by atoms with Crippen LogP contribution in [-0.4, -0.2) is 6.08 Å². The average molecular weight is 307 g/mol. The van der Waals surface area contributed by atoms with Crippen molar-refractivity contribution in [1.29, 1.82) is 0 Å². The highest BCUT2D eigenvalue weighted by Gasteiger charge is 2.35. The second-order valence-corrected chi connectivity index (χ2v) is 6.20. The van der Waals surface area contributed by atoms with E-state index in [0.717, 1.165) is 48.1 Å². The fourth-order valence-electron chi connectivity index (χ4n) is 3.35. The minimum absolute atomic E-state index is 0.371. The van der Waals surface area contributed by atoms with E-state index in [4.69, 9.17) is 4.74 Å². The van der Waals surface area contributed by atoms with Crippen molar-refractivity contribution in [3.8, 4) is 5.75 Å². The van der Waals surface area contributed by atoms with Crippen molar-refractivity contribution in [2.75, 3.05) is 0 Å². The van der Waals surface area contributed by atoms with Crippen LogP contribution in [0, 0.1) is 6.92 Å². The summed E-state index contributed by atoms with van der Waals surface area (Å²) in [5, 5.41) is 0. The zero-order valence-electron chi connectivity index (χ0n) is 13.4. The quantitative estimate of drug-likeness (QED) is 0.594. The van der Waals surface area contributed by atoms with Gasteiger partial charge in [0.25, 0.3) is 0 Å². The molecule has 3 heteroatoms. The smallest absolute Gasteiger partial charge is 0.235 e. The third-order valence-electron chi connectivity index (χ3n) is 4.64. The van der Waals surface area contributed by atoms with Gasteiger partial charge in [0.1, 0.15) is 12.4 Å². The van der Waals surface area contributed by atoms with Gasteiger partial charge >= 0.3 is 0 Å². The molecule has 0 aromatic heterocycles. The van der Waals surface area contributed by atoms with Gasteiger partial charge in [-0.3, -0.25) is 0 Å². The van der Waals surface area contributed by atoms with E-state index >= 15 is 0 Å². The molecule has 1 aliphatic carbocycles. The number of rotatable bonds is 5. The molecule has 0 N–H and O–H groups in total. The third-order valence-corrected chi connectivity index (χ3v) is 4.64. The molecule has 0 bridgehead atoms. The van der Waals surface area contributed by atoms with Gasteiger partial charge in [0.15, 0.2) is 0 Å². The van der Waals surface area contributed by atoms with E-state index in [1.54, 1.807) is 6.08 Å². The van der Waals surface area contributed by atoms with Crippen LogP contribution in [0.1, 0.15) is 42.4 Å². The molecule has 1 fully saturated rings. The maximum Gasteiger partial charge on any atom is 0.235 e. The number of hydrogen-bond donors (Lipinski definition) is 0.